The van der Waals surface area contributed by atoms with Crippen molar-refractivity contribution in [2.24, 2.45) is 0 Å². The largest absolute Gasteiger partial charge is 0.493 e. The molecule has 27 heavy (non-hydrogen) atoms. The van der Waals surface area contributed by atoms with Crippen LogP contribution in [0.2, 0.25) is 0 Å². The van der Waals surface area contributed by atoms with E-state index in [0.29, 0.717) is 23.7 Å². The van der Waals surface area contributed by atoms with E-state index in [1.165, 1.54) is 16.8 Å². The Morgan fingerprint density at radius 2 is 1.85 bits per heavy atom. The minimum absolute atomic E-state index is 0.0293. The van der Waals surface area contributed by atoms with Crippen molar-refractivity contribution in [2.75, 3.05) is 14.2 Å². The number of nitrogens with zero attached hydrogens (tertiary/aromatic N) is 3. The molecule has 0 fully saturated rings. The molecule has 1 aromatic heterocycles. The van der Waals surface area contributed by atoms with Crippen LogP contribution in [0.1, 0.15) is 5.56 Å². The lowest BCUT2D eigenvalue weighted by molar-refractivity contribution is -0.122. The predicted molar refractivity (Wildman–Crippen MR) is 96.8 cm³/mol. The molecule has 2 aromatic carbocycles. The first-order valence-corrected chi connectivity index (χ1v) is 8.22. The van der Waals surface area contributed by atoms with Crippen LogP contribution in [0.4, 0.5) is 4.39 Å². The van der Waals surface area contributed by atoms with Crippen LogP contribution in [0.15, 0.2) is 48.7 Å². The minimum Gasteiger partial charge on any atom is -0.493 e. The van der Waals surface area contributed by atoms with Crippen LogP contribution in [0.5, 0.6) is 11.5 Å². The summed E-state index contributed by atoms with van der Waals surface area (Å²) in [4.78, 5) is 12.1. The Kier molecular flexibility index (Phi) is 5.65. The third-order valence-electron chi connectivity index (χ3n) is 3.92. The Morgan fingerprint density at radius 3 is 2.56 bits per heavy atom. The Morgan fingerprint density at radius 1 is 1.11 bits per heavy atom. The average molecular weight is 370 g/mol. The molecule has 0 aliphatic rings. The van der Waals surface area contributed by atoms with Crippen LogP contribution in [-0.4, -0.2) is 35.1 Å². The fourth-order valence-electron chi connectivity index (χ4n) is 2.52. The van der Waals surface area contributed by atoms with Crippen molar-refractivity contribution in [2.45, 2.75) is 13.1 Å². The third kappa shape index (κ3) is 4.60. The van der Waals surface area contributed by atoms with Crippen molar-refractivity contribution in [1.82, 2.24) is 20.3 Å². The summed E-state index contributed by atoms with van der Waals surface area (Å²) in [5.74, 6) is 0.703. The lowest BCUT2D eigenvalue weighted by atomic mass is 10.2. The summed E-state index contributed by atoms with van der Waals surface area (Å²) in [5.41, 5.74) is 2.18. The van der Waals surface area contributed by atoms with Gasteiger partial charge in [-0.2, -0.15) is 0 Å². The lowest BCUT2D eigenvalue weighted by Crippen LogP contribution is -2.27. The van der Waals surface area contributed by atoms with Crippen molar-refractivity contribution >= 4 is 5.91 Å². The topological polar surface area (TPSA) is 78.3 Å². The van der Waals surface area contributed by atoms with E-state index < -0.39 is 0 Å². The number of hydrogen-bond acceptors (Lipinski definition) is 5. The van der Waals surface area contributed by atoms with Gasteiger partial charge in [0, 0.05) is 12.1 Å². The number of methoxy groups -OCH3 is 2. The van der Waals surface area contributed by atoms with Crippen molar-refractivity contribution < 1.29 is 18.7 Å². The second kappa shape index (κ2) is 8.31. The Bertz CT molecular complexity index is 925. The maximum absolute atomic E-state index is 13.0. The van der Waals surface area contributed by atoms with Gasteiger partial charge < -0.3 is 14.8 Å². The van der Waals surface area contributed by atoms with Gasteiger partial charge in [-0.15, -0.1) is 5.10 Å². The normalized spacial score (nSPS) is 10.5. The highest BCUT2D eigenvalue weighted by Gasteiger charge is 2.09. The van der Waals surface area contributed by atoms with Gasteiger partial charge in [0.05, 0.1) is 20.4 Å². The summed E-state index contributed by atoms with van der Waals surface area (Å²) < 4.78 is 24.9. The first-order chi connectivity index (χ1) is 13.1. The zero-order valence-electron chi connectivity index (χ0n) is 15.0. The molecule has 0 bridgehead atoms. The van der Waals surface area contributed by atoms with Crippen LogP contribution in [0.3, 0.4) is 0 Å². The molecule has 0 unspecified atom stereocenters. The maximum atomic E-state index is 13.0. The highest BCUT2D eigenvalue weighted by atomic mass is 19.1. The number of hydrogen-bond donors (Lipinski definition) is 1. The van der Waals surface area contributed by atoms with Crippen LogP contribution < -0.4 is 14.8 Å². The molecular formula is C19H19FN4O3. The molecule has 0 saturated carbocycles. The van der Waals surface area contributed by atoms with Crippen LogP contribution in [-0.2, 0) is 17.9 Å². The first kappa shape index (κ1) is 18.4. The van der Waals surface area contributed by atoms with Gasteiger partial charge in [-0.05, 0) is 42.0 Å². The smallest absolute Gasteiger partial charge is 0.242 e. The number of rotatable bonds is 7. The quantitative estimate of drug-likeness (QED) is 0.691. The van der Waals surface area contributed by atoms with E-state index in [1.807, 2.05) is 6.07 Å². The Balaban J connectivity index is 1.58. The molecule has 0 saturated heterocycles. The van der Waals surface area contributed by atoms with Gasteiger partial charge in [0.15, 0.2) is 11.5 Å². The molecule has 3 aromatic rings. The van der Waals surface area contributed by atoms with Crippen LogP contribution >= 0.6 is 0 Å². The van der Waals surface area contributed by atoms with E-state index in [2.05, 4.69) is 15.6 Å². The molecule has 0 aliphatic carbocycles. The van der Waals surface area contributed by atoms with Crippen molar-refractivity contribution in [1.29, 1.82) is 0 Å². The molecule has 0 aliphatic heterocycles. The molecule has 8 heteroatoms. The van der Waals surface area contributed by atoms with Gasteiger partial charge in [-0.3, -0.25) is 4.79 Å². The highest BCUT2D eigenvalue weighted by Crippen LogP contribution is 2.27. The summed E-state index contributed by atoms with van der Waals surface area (Å²) in [7, 11) is 3.13. The van der Waals surface area contributed by atoms with E-state index in [-0.39, 0.29) is 18.3 Å². The molecule has 7 nitrogen and oxygen atoms in total. The summed E-state index contributed by atoms with van der Waals surface area (Å²) in [6.45, 7) is 0.375. The average Bonchev–Trinajstić information content (AvgIpc) is 3.15. The van der Waals surface area contributed by atoms with Crippen LogP contribution in [0, 0.1) is 5.82 Å². The van der Waals surface area contributed by atoms with E-state index in [4.69, 9.17) is 9.47 Å². The monoisotopic (exact) mass is 370 g/mol. The van der Waals surface area contributed by atoms with Gasteiger partial charge in [-0.25, -0.2) is 9.07 Å². The summed E-state index contributed by atoms with van der Waals surface area (Å²) >= 11 is 0. The number of halogens is 1. The molecular weight excluding hydrogens is 351 g/mol. The Labute approximate surface area is 155 Å². The zero-order chi connectivity index (χ0) is 19.2. The number of benzene rings is 2. The number of ether oxygens (including phenoxy) is 2. The summed E-state index contributed by atoms with van der Waals surface area (Å²) in [6, 6.07) is 11.4. The predicted octanol–water partition coefficient (Wildman–Crippen LogP) is 2.42. The van der Waals surface area contributed by atoms with Crippen molar-refractivity contribution in [3.63, 3.8) is 0 Å². The van der Waals surface area contributed by atoms with Crippen LogP contribution in [0.25, 0.3) is 11.3 Å². The molecule has 140 valence electrons. The summed E-state index contributed by atoms with van der Waals surface area (Å²) in [6.07, 6.45) is 1.64. The number of aromatic nitrogens is 3. The maximum Gasteiger partial charge on any atom is 0.242 e. The molecule has 3 rings (SSSR count). The number of nitrogens with one attached hydrogen (secondary N) is 1. The molecule has 1 N–H and O–H groups in total. The standard InChI is InChI=1S/C19H19FN4O3/c1-26-17-8-3-13(9-18(17)27-2)10-21-19(25)12-24-11-16(22-23-24)14-4-6-15(20)7-5-14/h3-9,11H,10,12H2,1-2H3,(H,21,25). The van der Waals surface area contributed by atoms with Gasteiger partial charge in [0.25, 0.3) is 0 Å². The lowest BCUT2D eigenvalue weighted by Gasteiger charge is -2.10. The van der Waals surface area contributed by atoms with Crippen molar-refractivity contribution in [3.05, 3.63) is 60.0 Å². The second-order valence-electron chi connectivity index (χ2n) is 5.77. The van der Waals surface area contributed by atoms with E-state index in [0.717, 1.165) is 11.1 Å². The van der Waals surface area contributed by atoms with E-state index in [9.17, 15) is 9.18 Å². The van der Waals surface area contributed by atoms with Gasteiger partial charge in [0.2, 0.25) is 5.91 Å². The highest BCUT2D eigenvalue weighted by molar-refractivity contribution is 5.75. The van der Waals surface area contributed by atoms with Crippen molar-refractivity contribution in [3.8, 4) is 22.8 Å². The van der Waals surface area contributed by atoms with E-state index >= 15 is 0 Å². The van der Waals surface area contributed by atoms with E-state index in [1.54, 1.807) is 44.7 Å². The minimum atomic E-state index is -0.319. The molecule has 0 radical (unpaired) electrons. The molecule has 0 spiro atoms. The van der Waals surface area contributed by atoms with Gasteiger partial charge in [-0.1, -0.05) is 11.3 Å². The number of carbonyl (C=O) groups excluding carboxylic acids is 1. The third-order valence-corrected chi connectivity index (χ3v) is 3.92. The van der Waals surface area contributed by atoms with Gasteiger partial charge >= 0.3 is 0 Å². The molecule has 0 atom stereocenters. The summed E-state index contributed by atoms with van der Waals surface area (Å²) in [5, 5.41) is 10.8. The molecule has 1 amide bonds. The SMILES string of the molecule is COc1ccc(CNC(=O)Cn2cc(-c3ccc(F)cc3)nn2)cc1OC. The fraction of sp³-hybridized carbons (Fsp3) is 0.211. The Hall–Kier alpha value is -3.42. The molecule has 1 heterocycles. The fourth-order valence-corrected chi connectivity index (χ4v) is 2.52. The van der Waals surface area contributed by atoms with Gasteiger partial charge in [0.1, 0.15) is 18.1 Å². The number of carbonyl (C=O) groups is 1. The zero-order valence-corrected chi connectivity index (χ0v) is 15.0. The number of amides is 1. The first-order valence-electron chi connectivity index (χ1n) is 8.22. The second-order valence-corrected chi connectivity index (χ2v) is 5.77.